The van der Waals surface area contributed by atoms with E-state index >= 15 is 0 Å². The largest absolute Gasteiger partial charge is 0.383 e. The van der Waals surface area contributed by atoms with E-state index in [4.69, 9.17) is 5.73 Å². The molecule has 7 heteroatoms. The Hall–Kier alpha value is -2.64. The summed E-state index contributed by atoms with van der Waals surface area (Å²) in [6, 6.07) is 15.4. The van der Waals surface area contributed by atoms with Crippen molar-refractivity contribution in [1.29, 1.82) is 0 Å². The number of nitrogens with one attached hydrogen (secondary N) is 1. The van der Waals surface area contributed by atoms with E-state index in [9.17, 15) is 4.79 Å². The number of carbonyl (C=O) groups excluding carboxylic acids is 1. The highest BCUT2D eigenvalue weighted by Gasteiger charge is 2.12. The molecule has 1 heterocycles. The van der Waals surface area contributed by atoms with E-state index < -0.39 is 0 Å². The van der Waals surface area contributed by atoms with Crippen molar-refractivity contribution in [2.45, 2.75) is 11.4 Å². The average molecular weight is 367 g/mol. The number of likely N-dealkylation sites (N-methyl/N-ethyl adjacent to an activating group) is 1. The molecule has 0 aliphatic carbocycles. The number of hydrogen-bond donors (Lipinski definition) is 2. The van der Waals surface area contributed by atoms with Gasteiger partial charge in [-0.15, -0.1) is 11.8 Å². The van der Waals surface area contributed by atoms with Gasteiger partial charge in [-0.3, -0.25) is 9.69 Å². The third-order valence-electron chi connectivity index (χ3n) is 3.88. The lowest BCUT2D eigenvalue weighted by atomic mass is 10.2. The van der Waals surface area contributed by atoms with Gasteiger partial charge in [-0.2, -0.15) is 0 Å². The molecule has 6 nitrogen and oxygen atoms in total. The lowest BCUT2D eigenvalue weighted by molar-refractivity contribution is -0.117. The molecule has 1 aromatic heterocycles. The zero-order valence-corrected chi connectivity index (χ0v) is 15.6. The quantitative estimate of drug-likeness (QED) is 0.652. The summed E-state index contributed by atoms with van der Waals surface area (Å²) in [6.45, 7) is 0.672. The highest BCUT2D eigenvalue weighted by atomic mass is 32.2. The fourth-order valence-corrected chi connectivity index (χ4v) is 3.26. The van der Waals surface area contributed by atoms with Crippen LogP contribution in [0.2, 0.25) is 0 Å². The zero-order valence-electron chi connectivity index (χ0n) is 14.8. The molecule has 0 bridgehead atoms. The molecular weight excluding hydrogens is 346 g/mol. The molecule has 0 saturated carbocycles. The fourth-order valence-electron chi connectivity index (χ4n) is 2.70. The number of nitrogen functional groups attached to an aromatic ring is 1. The summed E-state index contributed by atoms with van der Waals surface area (Å²) in [5.41, 5.74) is 7.65. The van der Waals surface area contributed by atoms with Gasteiger partial charge in [-0.25, -0.2) is 9.97 Å². The lowest BCUT2D eigenvalue weighted by Crippen LogP contribution is -2.30. The second kappa shape index (κ2) is 8.16. The van der Waals surface area contributed by atoms with Crippen molar-refractivity contribution in [3.63, 3.8) is 0 Å². The topological polar surface area (TPSA) is 84.1 Å². The second-order valence-corrected chi connectivity index (χ2v) is 6.81. The van der Waals surface area contributed by atoms with E-state index in [0.717, 1.165) is 21.5 Å². The summed E-state index contributed by atoms with van der Waals surface area (Å²) >= 11 is 1.60. The van der Waals surface area contributed by atoms with Gasteiger partial charge in [0.1, 0.15) is 11.6 Å². The Kier molecular flexibility index (Phi) is 5.70. The molecule has 3 rings (SSSR count). The first-order chi connectivity index (χ1) is 12.6. The summed E-state index contributed by atoms with van der Waals surface area (Å²) < 4.78 is 0. The number of aromatic nitrogens is 2. The minimum absolute atomic E-state index is 0.0808. The van der Waals surface area contributed by atoms with Crippen LogP contribution in [0, 0.1) is 0 Å². The molecule has 2 aromatic carbocycles. The van der Waals surface area contributed by atoms with Gasteiger partial charge in [-0.1, -0.05) is 24.3 Å². The molecule has 134 valence electrons. The fraction of sp³-hybridized carbons (Fsp3) is 0.211. The Labute approximate surface area is 156 Å². The molecule has 0 radical (unpaired) electrons. The van der Waals surface area contributed by atoms with Crippen LogP contribution in [0.3, 0.4) is 0 Å². The van der Waals surface area contributed by atoms with Crippen LogP contribution in [0.15, 0.2) is 53.4 Å². The Morgan fingerprint density at radius 3 is 2.69 bits per heavy atom. The summed E-state index contributed by atoms with van der Waals surface area (Å²) in [5, 5.41) is 3.79. The first kappa shape index (κ1) is 18.2. The van der Waals surface area contributed by atoms with Crippen molar-refractivity contribution in [2.24, 2.45) is 0 Å². The highest BCUT2D eigenvalue weighted by molar-refractivity contribution is 7.98. The van der Waals surface area contributed by atoms with E-state index in [0.29, 0.717) is 18.2 Å². The van der Waals surface area contributed by atoms with E-state index in [-0.39, 0.29) is 12.5 Å². The Bertz CT molecular complexity index is 931. The monoisotopic (exact) mass is 367 g/mol. The van der Waals surface area contributed by atoms with Gasteiger partial charge in [0.25, 0.3) is 0 Å². The Morgan fingerprint density at radius 2 is 1.88 bits per heavy atom. The number of hydrogen-bond acceptors (Lipinski definition) is 6. The van der Waals surface area contributed by atoms with Crippen LogP contribution in [0.5, 0.6) is 0 Å². The molecular formula is C19H21N5OS. The summed E-state index contributed by atoms with van der Waals surface area (Å²) in [4.78, 5) is 24.1. The van der Waals surface area contributed by atoms with Crippen LogP contribution >= 0.6 is 11.8 Å². The van der Waals surface area contributed by atoms with Gasteiger partial charge in [0.2, 0.25) is 5.91 Å². The third kappa shape index (κ3) is 4.30. The number of benzene rings is 2. The van der Waals surface area contributed by atoms with E-state index in [2.05, 4.69) is 15.3 Å². The number of rotatable bonds is 6. The number of nitrogens with two attached hydrogens (primary N) is 1. The molecule has 0 aliphatic heterocycles. The molecule has 3 aromatic rings. The van der Waals surface area contributed by atoms with Crippen molar-refractivity contribution in [3.8, 4) is 0 Å². The molecule has 0 unspecified atom stereocenters. The van der Waals surface area contributed by atoms with Crippen LogP contribution in [-0.2, 0) is 11.3 Å². The maximum Gasteiger partial charge on any atom is 0.238 e. The molecule has 3 N–H and O–H groups in total. The number of amides is 1. The van der Waals surface area contributed by atoms with Crippen LogP contribution in [0.25, 0.3) is 10.9 Å². The Balaban J connectivity index is 1.65. The highest BCUT2D eigenvalue weighted by Crippen LogP contribution is 2.24. The minimum atomic E-state index is -0.0808. The van der Waals surface area contributed by atoms with Crippen molar-refractivity contribution >= 4 is 40.1 Å². The molecule has 0 fully saturated rings. The second-order valence-electron chi connectivity index (χ2n) is 5.96. The molecule has 0 spiro atoms. The van der Waals surface area contributed by atoms with E-state index in [1.165, 1.54) is 0 Å². The number of carbonyl (C=O) groups is 1. The summed E-state index contributed by atoms with van der Waals surface area (Å²) in [6.07, 6.45) is 1.98. The first-order valence-corrected chi connectivity index (χ1v) is 9.42. The predicted molar refractivity (Wildman–Crippen MR) is 107 cm³/mol. The van der Waals surface area contributed by atoms with Crippen LogP contribution in [0.4, 0.5) is 11.5 Å². The van der Waals surface area contributed by atoms with Crippen molar-refractivity contribution in [2.75, 3.05) is 30.9 Å². The average Bonchev–Trinajstić information content (AvgIpc) is 2.62. The first-order valence-electron chi connectivity index (χ1n) is 8.19. The number of thioether (sulfide) groups is 1. The van der Waals surface area contributed by atoms with Crippen LogP contribution in [0.1, 0.15) is 5.82 Å². The van der Waals surface area contributed by atoms with Gasteiger partial charge in [0.05, 0.1) is 24.3 Å². The zero-order chi connectivity index (χ0) is 18.5. The van der Waals surface area contributed by atoms with Gasteiger partial charge >= 0.3 is 0 Å². The maximum absolute atomic E-state index is 12.3. The smallest absolute Gasteiger partial charge is 0.238 e. The summed E-state index contributed by atoms with van der Waals surface area (Å²) in [7, 11) is 1.86. The van der Waals surface area contributed by atoms with E-state index in [1.807, 2.05) is 66.7 Å². The third-order valence-corrected chi connectivity index (χ3v) is 4.68. The van der Waals surface area contributed by atoms with Crippen molar-refractivity contribution in [3.05, 3.63) is 54.4 Å². The Morgan fingerprint density at radius 1 is 1.15 bits per heavy atom. The van der Waals surface area contributed by atoms with E-state index in [1.54, 1.807) is 11.8 Å². The van der Waals surface area contributed by atoms with Crippen molar-refractivity contribution < 1.29 is 4.79 Å². The minimum Gasteiger partial charge on any atom is -0.383 e. The van der Waals surface area contributed by atoms with Gasteiger partial charge in [0.15, 0.2) is 0 Å². The molecule has 26 heavy (non-hydrogen) atoms. The molecule has 0 atom stereocenters. The van der Waals surface area contributed by atoms with Gasteiger partial charge < -0.3 is 11.1 Å². The number of anilines is 2. The lowest BCUT2D eigenvalue weighted by Gasteiger charge is -2.16. The predicted octanol–water partition coefficient (Wildman–Crippen LogP) is 3.00. The van der Waals surface area contributed by atoms with Crippen LogP contribution in [-0.4, -0.2) is 40.6 Å². The standard InChI is InChI=1S/C19H21N5OS/c1-24(12-18(25)22-15-9-5-6-10-16(15)26-2)11-17-21-14-8-4-3-7-13(14)19(20)23-17/h3-10H,11-12H2,1-2H3,(H,22,25)(H2,20,21,23). The molecule has 1 amide bonds. The number of para-hydroxylation sites is 2. The SMILES string of the molecule is CSc1ccccc1NC(=O)CN(C)Cc1nc(N)c2ccccc2n1. The molecule has 0 saturated heterocycles. The number of nitrogens with zero attached hydrogens (tertiary/aromatic N) is 3. The normalized spacial score (nSPS) is 11.0. The summed E-state index contributed by atoms with van der Waals surface area (Å²) in [5.74, 6) is 0.973. The maximum atomic E-state index is 12.3. The number of fused-ring (bicyclic) bond motifs is 1. The van der Waals surface area contributed by atoms with Gasteiger partial charge in [-0.05, 0) is 37.6 Å². The van der Waals surface area contributed by atoms with Crippen molar-refractivity contribution in [1.82, 2.24) is 14.9 Å². The van der Waals surface area contributed by atoms with Crippen LogP contribution < -0.4 is 11.1 Å². The molecule has 0 aliphatic rings. The van der Waals surface area contributed by atoms with Gasteiger partial charge in [0, 0.05) is 10.3 Å².